The molecule has 1 unspecified atom stereocenters. The van der Waals surface area contributed by atoms with Crippen LogP contribution in [0.15, 0.2) is 5.16 Å². The van der Waals surface area contributed by atoms with Gasteiger partial charge in [0.25, 0.3) is 0 Å². The highest BCUT2D eigenvalue weighted by molar-refractivity contribution is 7.99. The van der Waals surface area contributed by atoms with Gasteiger partial charge in [-0.05, 0) is 52.0 Å². The van der Waals surface area contributed by atoms with Gasteiger partial charge in [-0.15, -0.1) is 10.2 Å². The molecule has 0 bridgehead atoms. The third kappa shape index (κ3) is 3.55. The van der Waals surface area contributed by atoms with Crippen LogP contribution >= 0.6 is 11.8 Å². The van der Waals surface area contributed by atoms with Gasteiger partial charge in [-0.1, -0.05) is 18.7 Å². The van der Waals surface area contributed by atoms with E-state index in [0.717, 1.165) is 17.5 Å². The SMILES string of the molecule is CCCNC(C)CCSc1nnc(C2CC2)n1C1CC1. The highest BCUT2D eigenvalue weighted by Gasteiger charge is 2.36. The zero-order valence-electron chi connectivity index (χ0n) is 12.6. The molecule has 3 rings (SSSR count). The van der Waals surface area contributed by atoms with Gasteiger partial charge in [-0.3, -0.25) is 0 Å². The van der Waals surface area contributed by atoms with Gasteiger partial charge < -0.3 is 9.88 Å². The largest absolute Gasteiger partial charge is 0.314 e. The van der Waals surface area contributed by atoms with Gasteiger partial charge in [0.15, 0.2) is 5.16 Å². The molecule has 112 valence electrons. The topological polar surface area (TPSA) is 42.7 Å². The van der Waals surface area contributed by atoms with E-state index in [1.165, 1.54) is 44.3 Å². The summed E-state index contributed by atoms with van der Waals surface area (Å²) in [5.74, 6) is 3.11. The zero-order chi connectivity index (χ0) is 13.9. The molecule has 2 fully saturated rings. The van der Waals surface area contributed by atoms with Crippen LogP contribution in [0.3, 0.4) is 0 Å². The van der Waals surface area contributed by atoms with Gasteiger partial charge in [0.2, 0.25) is 0 Å². The van der Waals surface area contributed by atoms with Gasteiger partial charge in [0, 0.05) is 23.8 Å². The minimum absolute atomic E-state index is 0.600. The summed E-state index contributed by atoms with van der Waals surface area (Å²) in [5, 5.41) is 13.6. The Morgan fingerprint density at radius 2 is 2.10 bits per heavy atom. The summed E-state index contributed by atoms with van der Waals surface area (Å²) in [5.41, 5.74) is 0. The second-order valence-electron chi connectivity index (χ2n) is 6.21. The Bertz CT molecular complexity index is 437. The molecule has 0 aliphatic heterocycles. The van der Waals surface area contributed by atoms with Crippen LogP contribution in [0.25, 0.3) is 0 Å². The summed E-state index contributed by atoms with van der Waals surface area (Å²) in [7, 11) is 0. The van der Waals surface area contributed by atoms with Crippen LogP contribution in [0.5, 0.6) is 0 Å². The maximum Gasteiger partial charge on any atom is 0.191 e. The first kappa shape index (κ1) is 14.4. The van der Waals surface area contributed by atoms with Gasteiger partial charge in [-0.2, -0.15) is 0 Å². The minimum atomic E-state index is 0.600. The fourth-order valence-electron chi connectivity index (χ4n) is 2.50. The van der Waals surface area contributed by atoms with E-state index in [4.69, 9.17) is 0 Å². The second kappa shape index (κ2) is 6.48. The van der Waals surface area contributed by atoms with Crippen LogP contribution in [-0.2, 0) is 0 Å². The zero-order valence-corrected chi connectivity index (χ0v) is 13.5. The molecular formula is C15H26N4S. The predicted octanol–water partition coefficient (Wildman–Crippen LogP) is 3.36. The van der Waals surface area contributed by atoms with Gasteiger partial charge >= 0.3 is 0 Å². The molecule has 5 heteroatoms. The van der Waals surface area contributed by atoms with E-state index in [1.807, 2.05) is 11.8 Å². The van der Waals surface area contributed by atoms with E-state index in [-0.39, 0.29) is 0 Å². The summed E-state index contributed by atoms with van der Waals surface area (Å²) in [4.78, 5) is 0. The Hall–Kier alpha value is -0.550. The lowest BCUT2D eigenvalue weighted by Crippen LogP contribution is -2.27. The standard InChI is InChI=1S/C15H26N4S/c1-3-9-16-11(2)8-10-20-15-18-17-14(12-4-5-12)19(15)13-6-7-13/h11-13,16H,3-10H2,1-2H3. The van der Waals surface area contributed by atoms with Gasteiger partial charge in [0.1, 0.15) is 5.82 Å². The lowest BCUT2D eigenvalue weighted by atomic mass is 10.2. The fraction of sp³-hybridized carbons (Fsp3) is 0.867. The number of hydrogen-bond acceptors (Lipinski definition) is 4. The van der Waals surface area contributed by atoms with Crippen LogP contribution in [0.1, 0.15) is 70.2 Å². The van der Waals surface area contributed by atoms with Crippen molar-refractivity contribution in [3.05, 3.63) is 5.82 Å². The van der Waals surface area contributed by atoms with E-state index in [9.17, 15) is 0 Å². The van der Waals surface area contributed by atoms with Crippen molar-refractivity contribution in [3.8, 4) is 0 Å². The van der Waals surface area contributed by atoms with Crippen LogP contribution in [-0.4, -0.2) is 33.1 Å². The van der Waals surface area contributed by atoms with Crippen molar-refractivity contribution in [1.29, 1.82) is 0 Å². The van der Waals surface area contributed by atoms with Crippen molar-refractivity contribution >= 4 is 11.8 Å². The third-order valence-corrected chi connectivity index (χ3v) is 5.05. The highest BCUT2D eigenvalue weighted by atomic mass is 32.2. The highest BCUT2D eigenvalue weighted by Crippen LogP contribution is 2.46. The molecule has 0 radical (unpaired) electrons. The average molecular weight is 294 g/mol. The molecule has 1 aromatic rings. The van der Waals surface area contributed by atoms with E-state index < -0.39 is 0 Å². The second-order valence-corrected chi connectivity index (χ2v) is 7.27. The number of aromatic nitrogens is 3. The lowest BCUT2D eigenvalue weighted by molar-refractivity contribution is 0.535. The number of rotatable bonds is 9. The van der Waals surface area contributed by atoms with Gasteiger partial charge in [0.05, 0.1) is 0 Å². The molecule has 4 nitrogen and oxygen atoms in total. The molecule has 0 spiro atoms. The number of thioether (sulfide) groups is 1. The Kier molecular flexibility index (Phi) is 4.66. The molecule has 2 aliphatic rings. The van der Waals surface area contributed by atoms with Crippen molar-refractivity contribution in [1.82, 2.24) is 20.1 Å². The molecule has 0 saturated heterocycles. The molecule has 20 heavy (non-hydrogen) atoms. The summed E-state index contributed by atoms with van der Waals surface area (Å²) in [6, 6.07) is 1.31. The first-order chi connectivity index (χ1) is 9.79. The Balaban J connectivity index is 1.52. The maximum atomic E-state index is 4.46. The molecular weight excluding hydrogens is 268 g/mol. The first-order valence-electron chi connectivity index (χ1n) is 8.10. The lowest BCUT2D eigenvalue weighted by Gasteiger charge is -2.13. The Labute approximate surface area is 126 Å². The molecule has 0 amide bonds. The quantitative estimate of drug-likeness (QED) is 0.709. The molecule has 0 aromatic carbocycles. The maximum absolute atomic E-state index is 4.46. The van der Waals surface area contributed by atoms with Crippen molar-refractivity contribution in [2.45, 2.75) is 75.5 Å². The Morgan fingerprint density at radius 1 is 1.30 bits per heavy atom. The molecule has 2 saturated carbocycles. The summed E-state index contributed by atoms with van der Waals surface area (Å²) in [6.07, 6.45) is 7.67. The minimum Gasteiger partial charge on any atom is -0.314 e. The average Bonchev–Trinajstić information content (AvgIpc) is 3.35. The van der Waals surface area contributed by atoms with Crippen molar-refractivity contribution in [2.75, 3.05) is 12.3 Å². The monoisotopic (exact) mass is 294 g/mol. The van der Waals surface area contributed by atoms with Crippen LogP contribution in [0, 0.1) is 0 Å². The Morgan fingerprint density at radius 3 is 2.75 bits per heavy atom. The van der Waals surface area contributed by atoms with Crippen molar-refractivity contribution < 1.29 is 0 Å². The normalized spacial score (nSPS) is 20.3. The fourth-order valence-corrected chi connectivity index (χ4v) is 3.64. The van der Waals surface area contributed by atoms with Crippen LogP contribution < -0.4 is 5.32 Å². The molecule has 1 atom stereocenters. The molecule has 2 aliphatic carbocycles. The number of nitrogens with zero attached hydrogens (tertiary/aromatic N) is 3. The molecule has 1 N–H and O–H groups in total. The smallest absolute Gasteiger partial charge is 0.191 e. The molecule has 1 heterocycles. The van der Waals surface area contributed by atoms with E-state index >= 15 is 0 Å². The van der Waals surface area contributed by atoms with Crippen molar-refractivity contribution in [3.63, 3.8) is 0 Å². The van der Waals surface area contributed by atoms with E-state index in [2.05, 4.69) is 33.9 Å². The first-order valence-corrected chi connectivity index (χ1v) is 9.09. The van der Waals surface area contributed by atoms with E-state index in [1.54, 1.807) is 0 Å². The van der Waals surface area contributed by atoms with Crippen molar-refractivity contribution in [2.24, 2.45) is 0 Å². The predicted molar refractivity (Wildman–Crippen MR) is 83.4 cm³/mol. The number of hydrogen-bond donors (Lipinski definition) is 1. The summed E-state index contributed by atoms with van der Waals surface area (Å²) in [6.45, 7) is 5.61. The van der Waals surface area contributed by atoms with Crippen LogP contribution in [0.2, 0.25) is 0 Å². The van der Waals surface area contributed by atoms with E-state index in [0.29, 0.717) is 18.0 Å². The molecule has 1 aromatic heterocycles. The number of nitrogens with one attached hydrogen (secondary N) is 1. The summed E-state index contributed by atoms with van der Waals surface area (Å²) >= 11 is 1.89. The van der Waals surface area contributed by atoms with Gasteiger partial charge in [-0.25, -0.2) is 0 Å². The van der Waals surface area contributed by atoms with Crippen LogP contribution in [0.4, 0.5) is 0 Å². The summed E-state index contributed by atoms with van der Waals surface area (Å²) < 4.78 is 2.45. The third-order valence-electron chi connectivity index (χ3n) is 4.07.